The number of ether oxygens (including phenoxy) is 1. The Kier molecular flexibility index (Phi) is 5.09. The summed E-state index contributed by atoms with van der Waals surface area (Å²) >= 11 is 0. The number of carbonyl (C=O) groups is 1. The zero-order chi connectivity index (χ0) is 18.0. The molecule has 5 heteroatoms. The van der Waals surface area contributed by atoms with Gasteiger partial charge in [-0.25, -0.2) is 0 Å². The van der Waals surface area contributed by atoms with E-state index in [1.54, 1.807) is 0 Å². The Labute approximate surface area is 156 Å². The lowest BCUT2D eigenvalue weighted by Crippen LogP contribution is -2.66. The molecule has 3 aliphatic rings. The van der Waals surface area contributed by atoms with Crippen LogP contribution in [0.5, 0.6) is 0 Å². The molecule has 1 aromatic heterocycles. The first-order valence-corrected chi connectivity index (χ1v) is 9.83. The summed E-state index contributed by atoms with van der Waals surface area (Å²) in [6.45, 7) is 4.33. The summed E-state index contributed by atoms with van der Waals surface area (Å²) in [6, 6.07) is 4.11. The van der Waals surface area contributed by atoms with Gasteiger partial charge in [0.05, 0.1) is 19.7 Å². The van der Waals surface area contributed by atoms with Crippen LogP contribution in [0.2, 0.25) is 0 Å². The smallest absolute Gasteiger partial charge is 0.249 e. The third-order valence-corrected chi connectivity index (χ3v) is 5.94. The number of hydrogen-bond acceptors (Lipinski definition) is 4. The predicted molar refractivity (Wildman–Crippen MR) is 100 cm³/mol. The molecule has 4 rings (SSSR count). The second kappa shape index (κ2) is 7.49. The Morgan fingerprint density at radius 1 is 1.46 bits per heavy atom. The highest BCUT2D eigenvalue weighted by atomic mass is 16.5. The van der Waals surface area contributed by atoms with Gasteiger partial charge in [-0.1, -0.05) is 12.1 Å². The molecule has 1 aliphatic carbocycles. The standard InChI is InChI=1S/C21H29N3O2/c1-23(12-17-5-4-10-22-11-17)13-18-8-9-21(26-14-18)15-24(16-21)20(25)19-6-2-3-7-19/h4-6,10-11,18H,2-3,7-9,12-16H2,1H3. The van der Waals surface area contributed by atoms with Crippen LogP contribution < -0.4 is 0 Å². The Morgan fingerprint density at radius 2 is 2.35 bits per heavy atom. The van der Waals surface area contributed by atoms with Crippen molar-refractivity contribution in [3.63, 3.8) is 0 Å². The molecule has 26 heavy (non-hydrogen) atoms. The maximum atomic E-state index is 12.4. The van der Waals surface area contributed by atoms with Crippen molar-refractivity contribution < 1.29 is 9.53 Å². The van der Waals surface area contributed by atoms with E-state index in [0.29, 0.717) is 5.92 Å². The third kappa shape index (κ3) is 3.84. The molecule has 0 N–H and O–H groups in total. The average Bonchev–Trinajstić information content (AvgIpc) is 3.15. The van der Waals surface area contributed by atoms with Crippen molar-refractivity contribution in [2.75, 3.05) is 33.3 Å². The second-order valence-electron chi connectivity index (χ2n) is 8.24. The first kappa shape index (κ1) is 17.7. The maximum absolute atomic E-state index is 12.4. The molecule has 2 saturated heterocycles. The van der Waals surface area contributed by atoms with E-state index in [1.165, 1.54) is 12.0 Å². The molecule has 0 radical (unpaired) electrons. The molecule has 2 fully saturated rings. The summed E-state index contributed by atoms with van der Waals surface area (Å²) in [6.07, 6.45) is 11.3. The SMILES string of the molecule is CN(Cc1cccnc1)CC1CCC2(CN(C(=O)C3=CCCC3)C2)OC1. The number of likely N-dealkylation sites (tertiary alicyclic amines) is 1. The number of rotatable bonds is 5. The molecule has 1 amide bonds. The minimum absolute atomic E-state index is 0.0623. The molecular weight excluding hydrogens is 326 g/mol. The summed E-state index contributed by atoms with van der Waals surface area (Å²) in [5.41, 5.74) is 2.20. The van der Waals surface area contributed by atoms with Crippen LogP contribution >= 0.6 is 0 Å². The molecular formula is C21H29N3O2. The van der Waals surface area contributed by atoms with E-state index >= 15 is 0 Å². The second-order valence-corrected chi connectivity index (χ2v) is 8.24. The molecule has 140 valence electrons. The van der Waals surface area contributed by atoms with E-state index in [-0.39, 0.29) is 11.5 Å². The number of hydrogen-bond donors (Lipinski definition) is 0. The van der Waals surface area contributed by atoms with Gasteiger partial charge in [-0.2, -0.15) is 0 Å². The van der Waals surface area contributed by atoms with Crippen molar-refractivity contribution in [2.24, 2.45) is 5.92 Å². The van der Waals surface area contributed by atoms with Gasteiger partial charge in [0, 0.05) is 31.1 Å². The lowest BCUT2D eigenvalue weighted by molar-refractivity contribution is -0.187. The largest absolute Gasteiger partial charge is 0.371 e. The van der Waals surface area contributed by atoms with Gasteiger partial charge in [0.1, 0.15) is 5.60 Å². The summed E-state index contributed by atoms with van der Waals surface area (Å²) in [5.74, 6) is 0.819. The lowest BCUT2D eigenvalue weighted by Gasteiger charge is -2.53. The van der Waals surface area contributed by atoms with E-state index < -0.39 is 0 Å². The zero-order valence-electron chi connectivity index (χ0n) is 15.7. The van der Waals surface area contributed by atoms with E-state index in [1.807, 2.05) is 23.4 Å². The minimum atomic E-state index is -0.0623. The first-order chi connectivity index (χ1) is 12.6. The van der Waals surface area contributed by atoms with Crippen LogP contribution in [0.25, 0.3) is 0 Å². The first-order valence-electron chi connectivity index (χ1n) is 9.83. The van der Waals surface area contributed by atoms with Gasteiger partial charge in [0.2, 0.25) is 5.91 Å². The average molecular weight is 355 g/mol. The predicted octanol–water partition coefficient (Wildman–Crippen LogP) is 2.63. The van der Waals surface area contributed by atoms with Gasteiger partial charge in [0.15, 0.2) is 0 Å². The summed E-state index contributed by atoms with van der Waals surface area (Å²) in [7, 11) is 2.16. The van der Waals surface area contributed by atoms with Crippen LogP contribution in [0.3, 0.4) is 0 Å². The number of aromatic nitrogens is 1. The summed E-state index contributed by atoms with van der Waals surface area (Å²) in [5, 5.41) is 0. The monoisotopic (exact) mass is 355 g/mol. The van der Waals surface area contributed by atoms with Crippen molar-refractivity contribution in [1.82, 2.24) is 14.8 Å². The highest BCUT2D eigenvalue weighted by molar-refractivity contribution is 5.94. The highest BCUT2D eigenvalue weighted by Crippen LogP contribution is 2.37. The highest BCUT2D eigenvalue weighted by Gasteiger charge is 2.48. The van der Waals surface area contributed by atoms with Crippen LogP contribution in [-0.4, -0.2) is 59.6 Å². The topological polar surface area (TPSA) is 45.7 Å². The zero-order valence-corrected chi connectivity index (χ0v) is 15.7. The molecule has 1 spiro atoms. The van der Waals surface area contributed by atoms with Crippen LogP contribution in [-0.2, 0) is 16.1 Å². The van der Waals surface area contributed by atoms with Crippen LogP contribution in [0, 0.1) is 5.92 Å². The molecule has 1 aromatic rings. The lowest BCUT2D eigenvalue weighted by atomic mass is 9.82. The number of allylic oxidation sites excluding steroid dienone is 1. The van der Waals surface area contributed by atoms with Crippen LogP contribution in [0.1, 0.15) is 37.7 Å². The Balaban J connectivity index is 1.21. The van der Waals surface area contributed by atoms with Gasteiger partial charge in [-0.15, -0.1) is 0 Å². The fourth-order valence-electron chi connectivity index (χ4n) is 4.48. The fourth-order valence-corrected chi connectivity index (χ4v) is 4.48. The minimum Gasteiger partial charge on any atom is -0.371 e. The van der Waals surface area contributed by atoms with E-state index in [2.05, 4.69) is 29.1 Å². The summed E-state index contributed by atoms with van der Waals surface area (Å²) in [4.78, 5) is 20.9. The number of amides is 1. The number of nitrogens with zero attached hydrogens (tertiary/aromatic N) is 3. The van der Waals surface area contributed by atoms with Crippen molar-refractivity contribution in [3.05, 3.63) is 41.7 Å². The van der Waals surface area contributed by atoms with Gasteiger partial charge in [-0.05, 0) is 56.7 Å². The van der Waals surface area contributed by atoms with Crippen molar-refractivity contribution in [2.45, 2.75) is 44.2 Å². The summed E-state index contributed by atoms with van der Waals surface area (Å²) < 4.78 is 6.26. The maximum Gasteiger partial charge on any atom is 0.249 e. The van der Waals surface area contributed by atoms with E-state index in [4.69, 9.17) is 4.74 Å². The van der Waals surface area contributed by atoms with Crippen molar-refractivity contribution in [1.29, 1.82) is 0 Å². The molecule has 0 bridgehead atoms. The van der Waals surface area contributed by atoms with Crippen LogP contribution in [0.4, 0.5) is 0 Å². The van der Waals surface area contributed by atoms with E-state index in [0.717, 1.165) is 64.0 Å². The molecule has 5 nitrogen and oxygen atoms in total. The van der Waals surface area contributed by atoms with Gasteiger partial charge < -0.3 is 14.5 Å². The Hall–Kier alpha value is -1.72. The fraction of sp³-hybridized carbons (Fsp3) is 0.619. The van der Waals surface area contributed by atoms with Crippen molar-refractivity contribution in [3.8, 4) is 0 Å². The normalized spacial score (nSPS) is 24.6. The molecule has 2 aliphatic heterocycles. The molecule has 3 heterocycles. The molecule has 1 unspecified atom stereocenters. The van der Waals surface area contributed by atoms with Gasteiger partial charge >= 0.3 is 0 Å². The number of pyridine rings is 1. The third-order valence-electron chi connectivity index (χ3n) is 5.94. The molecule has 0 aromatic carbocycles. The molecule has 0 saturated carbocycles. The van der Waals surface area contributed by atoms with Crippen molar-refractivity contribution >= 4 is 5.91 Å². The van der Waals surface area contributed by atoms with E-state index in [9.17, 15) is 4.79 Å². The van der Waals surface area contributed by atoms with Gasteiger partial charge in [0.25, 0.3) is 0 Å². The number of carbonyl (C=O) groups excluding carboxylic acids is 1. The van der Waals surface area contributed by atoms with Crippen LogP contribution in [0.15, 0.2) is 36.2 Å². The van der Waals surface area contributed by atoms with Gasteiger partial charge in [-0.3, -0.25) is 9.78 Å². The Morgan fingerprint density at radius 3 is 3.00 bits per heavy atom. The Bertz CT molecular complexity index is 657. The molecule has 1 atom stereocenters. The quantitative estimate of drug-likeness (QED) is 0.815.